The molecule has 0 aliphatic heterocycles. The maximum atomic E-state index is 9.72. The molecule has 3 atom stereocenters. The van der Waals surface area contributed by atoms with E-state index in [4.69, 9.17) is 15.1 Å². The van der Waals surface area contributed by atoms with Crippen LogP contribution in [0.2, 0.25) is 0 Å². The summed E-state index contributed by atoms with van der Waals surface area (Å²) >= 11 is 0. The molecule has 1 aromatic heterocycles. The van der Waals surface area contributed by atoms with Gasteiger partial charge >= 0.3 is 0 Å². The Labute approximate surface area is 104 Å². The molecule has 7 nitrogen and oxygen atoms in total. The lowest BCUT2D eigenvalue weighted by Crippen LogP contribution is -2.44. The number of aliphatic hydroxyl groups excluding tert-OH is 3. The van der Waals surface area contributed by atoms with Crippen molar-refractivity contribution in [3.05, 3.63) is 23.9 Å². The van der Waals surface area contributed by atoms with Crippen molar-refractivity contribution < 1.29 is 20.1 Å². The molecule has 4 N–H and O–H groups in total. The Balaban J connectivity index is 2.75. The lowest BCUT2D eigenvalue weighted by molar-refractivity contribution is -0.0846. The maximum Gasteiger partial charge on any atom is 0.154 e. The molecule has 18 heavy (non-hydrogen) atoms. The minimum absolute atomic E-state index is 0.152. The van der Waals surface area contributed by atoms with E-state index in [1.807, 2.05) is 6.07 Å². The summed E-state index contributed by atoms with van der Waals surface area (Å²) < 4.78 is 4.79. The van der Waals surface area contributed by atoms with Crippen molar-refractivity contribution in [3.8, 4) is 6.07 Å². The van der Waals surface area contributed by atoms with E-state index in [1.165, 1.54) is 19.4 Å². The summed E-state index contributed by atoms with van der Waals surface area (Å²) in [4.78, 5) is 3.87. The third kappa shape index (κ3) is 3.38. The zero-order valence-corrected chi connectivity index (χ0v) is 9.82. The maximum absolute atomic E-state index is 9.72. The Morgan fingerprint density at radius 1 is 1.56 bits per heavy atom. The SMILES string of the molecule is COC(CO)[C@@H](O)[C@@H](O)Nc1ncccc1C#N. The molecule has 0 amide bonds. The Kier molecular flexibility index (Phi) is 5.48. The number of pyridine rings is 1. The van der Waals surface area contributed by atoms with Crippen molar-refractivity contribution in [2.75, 3.05) is 19.0 Å². The molecule has 0 saturated carbocycles. The highest BCUT2D eigenvalue weighted by Crippen LogP contribution is 2.13. The first-order valence-corrected chi connectivity index (χ1v) is 5.25. The van der Waals surface area contributed by atoms with E-state index >= 15 is 0 Å². The smallest absolute Gasteiger partial charge is 0.154 e. The Morgan fingerprint density at radius 3 is 2.83 bits per heavy atom. The summed E-state index contributed by atoms with van der Waals surface area (Å²) in [6, 6.07) is 5.00. The van der Waals surface area contributed by atoms with E-state index in [9.17, 15) is 10.2 Å². The minimum Gasteiger partial charge on any atom is -0.394 e. The Bertz CT molecular complexity index is 417. The van der Waals surface area contributed by atoms with E-state index in [2.05, 4.69) is 10.3 Å². The molecule has 0 aromatic carbocycles. The average Bonchev–Trinajstić information content (AvgIpc) is 2.40. The summed E-state index contributed by atoms with van der Waals surface area (Å²) in [5, 5.41) is 39.7. The van der Waals surface area contributed by atoms with Gasteiger partial charge in [-0.2, -0.15) is 5.26 Å². The number of nitrogens with zero attached hydrogens (tertiary/aromatic N) is 2. The first-order valence-electron chi connectivity index (χ1n) is 5.25. The molecule has 1 aromatic rings. The fraction of sp³-hybridized carbons (Fsp3) is 0.455. The molecule has 0 aliphatic rings. The molecular formula is C11H15N3O4. The second-order valence-electron chi connectivity index (χ2n) is 3.55. The first-order chi connectivity index (χ1) is 8.63. The van der Waals surface area contributed by atoms with Crippen LogP contribution in [-0.4, -0.2) is 52.5 Å². The van der Waals surface area contributed by atoms with Gasteiger partial charge in [0.15, 0.2) is 6.23 Å². The van der Waals surface area contributed by atoms with Crippen molar-refractivity contribution >= 4 is 5.82 Å². The largest absolute Gasteiger partial charge is 0.394 e. The van der Waals surface area contributed by atoms with Gasteiger partial charge in [-0.1, -0.05) is 0 Å². The van der Waals surface area contributed by atoms with Crippen LogP contribution in [0.4, 0.5) is 5.82 Å². The topological polar surface area (TPSA) is 119 Å². The van der Waals surface area contributed by atoms with Gasteiger partial charge in [0.25, 0.3) is 0 Å². The summed E-state index contributed by atoms with van der Waals surface area (Å²) in [5.74, 6) is 0.152. The molecule has 0 bridgehead atoms. The molecule has 0 spiro atoms. The zero-order chi connectivity index (χ0) is 13.5. The lowest BCUT2D eigenvalue weighted by Gasteiger charge is -2.25. The normalized spacial score (nSPS) is 15.5. The van der Waals surface area contributed by atoms with Crippen LogP contribution in [0.3, 0.4) is 0 Å². The first kappa shape index (κ1) is 14.3. The standard InChI is InChI=1S/C11H15N3O4/c1-18-8(6-15)9(16)11(17)14-10-7(5-12)3-2-4-13-10/h2-4,8-9,11,15-17H,6H2,1H3,(H,13,14)/t8?,9-,11-/m1/s1. The van der Waals surface area contributed by atoms with Gasteiger partial charge in [0, 0.05) is 13.3 Å². The molecule has 7 heteroatoms. The van der Waals surface area contributed by atoms with Gasteiger partial charge in [0.2, 0.25) is 0 Å². The minimum atomic E-state index is -1.41. The van der Waals surface area contributed by atoms with Crippen LogP contribution in [0.15, 0.2) is 18.3 Å². The van der Waals surface area contributed by atoms with Crippen LogP contribution in [-0.2, 0) is 4.74 Å². The third-order valence-electron chi connectivity index (χ3n) is 2.40. The second-order valence-corrected chi connectivity index (χ2v) is 3.55. The number of hydrogen-bond acceptors (Lipinski definition) is 7. The molecule has 1 rings (SSSR count). The fourth-order valence-corrected chi connectivity index (χ4v) is 1.36. The number of aliphatic hydroxyl groups is 3. The Morgan fingerprint density at radius 2 is 2.28 bits per heavy atom. The van der Waals surface area contributed by atoms with E-state index in [-0.39, 0.29) is 11.4 Å². The van der Waals surface area contributed by atoms with Crippen molar-refractivity contribution in [1.82, 2.24) is 4.98 Å². The molecule has 98 valence electrons. The second kappa shape index (κ2) is 6.88. The van der Waals surface area contributed by atoms with E-state index in [0.29, 0.717) is 0 Å². The third-order valence-corrected chi connectivity index (χ3v) is 2.40. The number of nitriles is 1. The van der Waals surface area contributed by atoms with Gasteiger partial charge in [-0.05, 0) is 12.1 Å². The molecule has 1 unspecified atom stereocenters. The summed E-state index contributed by atoms with van der Waals surface area (Å²) in [5.41, 5.74) is 0.238. The molecule has 1 heterocycles. The van der Waals surface area contributed by atoms with Gasteiger partial charge in [0.1, 0.15) is 24.1 Å². The van der Waals surface area contributed by atoms with Crippen LogP contribution >= 0.6 is 0 Å². The number of methoxy groups -OCH3 is 1. The molecule has 0 radical (unpaired) electrons. The van der Waals surface area contributed by atoms with Crippen LogP contribution < -0.4 is 5.32 Å². The average molecular weight is 253 g/mol. The van der Waals surface area contributed by atoms with E-state index in [0.717, 1.165) is 0 Å². The van der Waals surface area contributed by atoms with Gasteiger partial charge < -0.3 is 25.4 Å². The van der Waals surface area contributed by atoms with Gasteiger partial charge in [-0.15, -0.1) is 0 Å². The van der Waals surface area contributed by atoms with Crippen molar-refractivity contribution in [1.29, 1.82) is 5.26 Å². The van der Waals surface area contributed by atoms with Crippen LogP contribution in [0.5, 0.6) is 0 Å². The number of nitrogens with one attached hydrogen (secondary N) is 1. The fourth-order valence-electron chi connectivity index (χ4n) is 1.36. The summed E-state index contributed by atoms with van der Waals surface area (Å²) in [6.45, 7) is -0.441. The van der Waals surface area contributed by atoms with Gasteiger partial charge in [-0.3, -0.25) is 0 Å². The van der Waals surface area contributed by atoms with Crippen molar-refractivity contribution in [2.24, 2.45) is 0 Å². The predicted octanol–water partition coefficient (Wildman–Crippen LogP) is -0.948. The monoisotopic (exact) mass is 253 g/mol. The van der Waals surface area contributed by atoms with Crippen LogP contribution in [0.1, 0.15) is 5.56 Å². The van der Waals surface area contributed by atoms with Gasteiger partial charge in [0.05, 0.1) is 12.2 Å². The highest BCUT2D eigenvalue weighted by molar-refractivity contribution is 5.51. The van der Waals surface area contributed by atoms with E-state index < -0.39 is 25.0 Å². The van der Waals surface area contributed by atoms with Crippen LogP contribution in [0, 0.1) is 11.3 Å². The van der Waals surface area contributed by atoms with Crippen molar-refractivity contribution in [2.45, 2.75) is 18.4 Å². The number of hydrogen-bond donors (Lipinski definition) is 4. The van der Waals surface area contributed by atoms with E-state index in [1.54, 1.807) is 6.07 Å². The highest BCUT2D eigenvalue weighted by atomic mass is 16.5. The molecule has 0 aliphatic carbocycles. The quantitative estimate of drug-likeness (QED) is 0.483. The number of aromatic nitrogens is 1. The Hall–Kier alpha value is -1.72. The molecule has 0 saturated heterocycles. The highest BCUT2D eigenvalue weighted by Gasteiger charge is 2.26. The van der Waals surface area contributed by atoms with Crippen molar-refractivity contribution in [3.63, 3.8) is 0 Å². The summed E-state index contributed by atoms with van der Waals surface area (Å²) in [6.07, 6.45) is -2.25. The van der Waals surface area contributed by atoms with Gasteiger partial charge in [-0.25, -0.2) is 4.98 Å². The number of anilines is 1. The zero-order valence-electron chi connectivity index (χ0n) is 9.82. The number of ether oxygens (including phenoxy) is 1. The predicted molar refractivity (Wildman–Crippen MR) is 62.5 cm³/mol. The molecule has 0 fully saturated rings. The van der Waals surface area contributed by atoms with Crippen LogP contribution in [0.25, 0.3) is 0 Å². The molecular weight excluding hydrogens is 238 g/mol. The number of rotatable bonds is 6. The summed E-state index contributed by atoms with van der Waals surface area (Å²) in [7, 11) is 1.30. The lowest BCUT2D eigenvalue weighted by atomic mass is 10.2.